The van der Waals surface area contributed by atoms with Gasteiger partial charge in [-0.05, 0) is 24.0 Å². The van der Waals surface area contributed by atoms with Crippen molar-refractivity contribution in [3.05, 3.63) is 29.8 Å². The van der Waals surface area contributed by atoms with Crippen LogP contribution in [0.3, 0.4) is 0 Å². The largest absolute Gasteiger partial charge is 0.338 e. The van der Waals surface area contributed by atoms with E-state index in [1.165, 1.54) is 17.3 Å². The molecule has 0 aromatic heterocycles. The molecule has 5 nitrogen and oxygen atoms in total. The summed E-state index contributed by atoms with van der Waals surface area (Å²) in [5, 5.41) is 0.957. The van der Waals surface area contributed by atoms with Crippen molar-refractivity contribution in [3.63, 3.8) is 0 Å². The Balaban J connectivity index is 1.61. The number of fused-ring (bicyclic) bond motifs is 1. The van der Waals surface area contributed by atoms with Crippen LogP contribution in [0.2, 0.25) is 0 Å². The first-order valence-corrected chi connectivity index (χ1v) is 11.4. The Morgan fingerprint density at radius 3 is 2.76 bits per heavy atom. The molecule has 2 aliphatic rings. The van der Waals surface area contributed by atoms with E-state index in [4.69, 9.17) is 0 Å². The summed E-state index contributed by atoms with van der Waals surface area (Å²) in [5.74, 6) is 0.928. The summed E-state index contributed by atoms with van der Waals surface area (Å²) >= 11 is 1.47. The first-order valence-electron chi connectivity index (χ1n) is 8.62. The van der Waals surface area contributed by atoms with E-state index in [0.717, 1.165) is 17.2 Å². The number of nitrogens with zero attached hydrogens (tertiary/aromatic N) is 2. The van der Waals surface area contributed by atoms with Gasteiger partial charge in [0, 0.05) is 19.0 Å². The molecule has 0 saturated carbocycles. The van der Waals surface area contributed by atoms with E-state index in [-0.39, 0.29) is 23.5 Å². The van der Waals surface area contributed by atoms with Crippen molar-refractivity contribution in [1.82, 2.24) is 4.90 Å². The van der Waals surface area contributed by atoms with Crippen LogP contribution in [-0.4, -0.2) is 54.1 Å². The van der Waals surface area contributed by atoms with E-state index in [1.807, 2.05) is 18.2 Å². The molecule has 1 unspecified atom stereocenters. The van der Waals surface area contributed by atoms with E-state index in [0.29, 0.717) is 24.6 Å². The van der Waals surface area contributed by atoms with Crippen LogP contribution in [0.5, 0.6) is 0 Å². The van der Waals surface area contributed by atoms with Gasteiger partial charge >= 0.3 is 0 Å². The normalized spacial score (nSPS) is 21.2. The number of hydrogen-bond donors (Lipinski definition) is 0. The van der Waals surface area contributed by atoms with Crippen LogP contribution < -0.4 is 0 Å². The van der Waals surface area contributed by atoms with Gasteiger partial charge in [0.25, 0.3) is 0 Å². The van der Waals surface area contributed by atoms with Crippen LogP contribution in [0.1, 0.15) is 25.8 Å². The zero-order valence-electron chi connectivity index (χ0n) is 14.6. The molecular weight excluding hydrogens is 356 g/mol. The van der Waals surface area contributed by atoms with E-state index >= 15 is 0 Å². The summed E-state index contributed by atoms with van der Waals surface area (Å²) in [7, 11) is -3.00. The smallest absolute Gasteiger partial charge is 0.233 e. The van der Waals surface area contributed by atoms with Gasteiger partial charge in [-0.15, -0.1) is 11.8 Å². The molecule has 2 aliphatic heterocycles. The molecule has 136 valence electrons. The predicted octanol–water partition coefficient (Wildman–Crippen LogP) is 2.68. The highest BCUT2D eigenvalue weighted by molar-refractivity contribution is 8.14. The molecule has 1 fully saturated rings. The van der Waals surface area contributed by atoms with E-state index in [2.05, 4.69) is 24.9 Å². The van der Waals surface area contributed by atoms with Crippen LogP contribution in [0, 0.1) is 5.92 Å². The third kappa shape index (κ3) is 4.64. The van der Waals surface area contributed by atoms with Crippen LogP contribution in [0.25, 0.3) is 0 Å². The zero-order valence-corrected chi connectivity index (χ0v) is 16.3. The zero-order chi connectivity index (χ0) is 18.0. The number of carbonyl (C=O) groups is 1. The second-order valence-corrected chi connectivity index (χ2v) is 10.4. The molecule has 1 atom stereocenters. The molecule has 3 rings (SSSR count). The number of aliphatic imine (C=N–C) groups is 1. The molecule has 1 aromatic rings. The van der Waals surface area contributed by atoms with Crippen LogP contribution in [0.4, 0.5) is 5.69 Å². The van der Waals surface area contributed by atoms with Crippen molar-refractivity contribution in [2.24, 2.45) is 10.9 Å². The summed E-state index contributed by atoms with van der Waals surface area (Å²) in [4.78, 5) is 19.1. The fourth-order valence-electron chi connectivity index (χ4n) is 3.29. The quantitative estimate of drug-likeness (QED) is 0.788. The Kier molecular flexibility index (Phi) is 5.53. The van der Waals surface area contributed by atoms with Crippen molar-refractivity contribution >= 4 is 38.2 Å². The maximum atomic E-state index is 12.8. The van der Waals surface area contributed by atoms with Crippen LogP contribution >= 0.6 is 11.8 Å². The summed E-state index contributed by atoms with van der Waals surface area (Å²) in [6, 6.07) is 7.83. The number of thioether (sulfide) groups is 1. The van der Waals surface area contributed by atoms with Gasteiger partial charge in [0.05, 0.1) is 28.0 Å². The molecule has 1 aromatic carbocycles. The SMILES string of the molecule is CC(C)CN(C(=O)CSC1=Nc2ccccc2C1)C1CCS(=O)(=O)C1. The molecule has 0 N–H and O–H groups in total. The lowest BCUT2D eigenvalue weighted by Crippen LogP contribution is -2.44. The number of carbonyl (C=O) groups excluding carboxylic acids is 1. The monoisotopic (exact) mass is 380 g/mol. The molecule has 0 spiro atoms. The second kappa shape index (κ2) is 7.50. The van der Waals surface area contributed by atoms with E-state index in [9.17, 15) is 13.2 Å². The molecular formula is C18H24N2O3S2. The summed E-state index contributed by atoms with van der Waals surface area (Å²) in [6.07, 6.45) is 1.33. The average Bonchev–Trinajstić information content (AvgIpc) is 3.12. The van der Waals surface area contributed by atoms with Gasteiger partial charge in [-0.25, -0.2) is 13.4 Å². The van der Waals surface area contributed by atoms with Crippen molar-refractivity contribution in [2.45, 2.75) is 32.7 Å². The van der Waals surface area contributed by atoms with Crippen LogP contribution in [-0.2, 0) is 21.1 Å². The second-order valence-electron chi connectivity index (χ2n) is 7.10. The highest BCUT2D eigenvalue weighted by atomic mass is 32.2. The number of rotatable bonds is 5. The fourth-order valence-corrected chi connectivity index (χ4v) is 5.89. The molecule has 0 radical (unpaired) electrons. The topological polar surface area (TPSA) is 66.8 Å². The molecule has 7 heteroatoms. The summed E-state index contributed by atoms with van der Waals surface area (Å²) < 4.78 is 23.6. The molecule has 0 bridgehead atoms. The fraction of sp³-hybridized carbons (Fsp3) is 0.556. The standard InChI is InChI=1S/C18H24N2O3S2/c1-13(2)10-20(15-7-8-25(22,23)12-15)18(21)11-24-17-9-14-5-3-4-6-16(14)19-17/h3-6,13,15H,7-12H2,1-2H3. The third-order valence-electron chi connectivity index (χ3n) is 4.47. The molecule has 1 saturated heterocycles. The van der Waals surface area contributed by atoms with Crippen molar-refractivity contribution in [3.8, 4) is 0 Å². The number of sulfone groups is 1. The molecule has 0 aliphatic carbocycles. The lowest BCUT2D eigenvalue weighted by atomic mass is 10.1. The van der Waals surface area contributed by atoms with Gasteiger partial charge < -0.3 is 4.90 Å². The third-order valence-corrected chi connectivity index (χ3v) is 7.18. The maximum Gasteiger partial charge on any atom is 0.233 e. The Labute approximate surface area is 153 Å². The minimum Gasteiger partial charge on any atom is -0.338 e. The maximum absolute atomic E-state index is 12.8. The van der Waals surface area contributed by atoms with Gasteiger partial charge in [0.1, 0.15) is 0 Å². The minimum atomic E-state index is -3.00. The number of para-hydroxylation sites is 1. The van der Waals surface area contributed by atoms with Gasteiger partial charge in [-0.3, -0.25) is 4.79 Å². The summed E-state index contributed by atoms with van der Waals surface area (Å²) in [6.45, 7) is 4.70. The highest BCUT2D eigenvalue weighted by Crippen LogP contribution is 2.30. The number of amides is 1. The predicted molar refractivity (Wildman–Crippen MR) is 103 cm³/mol. The molecule has 2 heterocycles. The Hall–Kier alpha value is -1.34. The molecule has 25 heavy (non-hydrogen) atoms. The Morgan fingerprint density at radius 1 is 1.36 bits per heavy atom. The number of hydrogen-bond acceptors (Lipinski definition) is 5. The first-order chi connectivity index (χ1) is 11.8. The Bertz CT molecular complexity index is 787. The van der Waals surface area contributed by atoms with Gasteiger partial charge in [-0.2, -0.15) is 0 Å². The number of benzene rings is 1. The minimum absolute atomic E-state index is 0.0134. The van der Waals surface area contributed by atoms with Gasteiger partial charge in [-0.1, -0.05) is 32.0 Å². The first kappa shape index (κ1) is 18.5. The highest BCUT2D eigenvalue weighted by Gasteiger charge is 2.34. The van der Waals surface area contributed by atoms with Crippen LogP contribution in [0.15, 0.2) is 29.3 Å². The van der Waals surface area contributed by atoms with Gasteiger partial charge in [0.15, 0.2) is 9.84 Å². The average molecular weight is 381 g/mol. The van der Waals surface area contributed by atoms with Crippen molar-refractivity contribution in [2.75, 3.05) is 23.8 Å². The lowest BCUT2D eigenvalue weighted by molar-refractivity contribution is -0.130. The van der Waals surface area contributed by atoms with Crippen molar-refractivity contribution < 1.29 is 13.2 Å². The van der Waals surface area contributed by atoms with E-state index < -0.39 is 9.84 Å². The van der Waals surface area contributed by atoms with E-state index in [1.54, 1.807) is 4.90 Å². The lowest BCUT2D eigenvalue weighted by Gasteiger charge is -2.30. The Morgan fingerprint density at radius 2 is 2.12 bits per heavy atom. The summed E-state index contributed by atoms with van der Waals surface area (Å²) in [5.41, 5.74) is 2.18. The van der Waals surface area contributed by atoms with Gasteiger partial charge in [0.2, 0.25) is 5.91 Å². The van der Waals surface area contributed by atoms with Crippen molar-refractivity contribution in [1.29, 1.82) is 0 Å². The molecule has 1 amide bonds.